The third kappa shape index (κ3) is 3.38. The first-order valence-corrected chi connectivity index (χ1v) is 8.99. The van der Waals surface area contributed by atoms with Crippen molar-refractivity contribution in [1.29, 1.82) is 0 Å². The van der Waals surface area contributed by atoms with E-state index in [4.69, 9.17) is 9.47 Å². The molecule has 3 rings (SSSR count). The fourth-order valence-electron chi connectivity index (χ4n) is 3.49. The summed E-state index contributed by atoms with van der Waals surface area (Å²) < 4.78 is 12.1. The van der Waals surface area contributed by atoms with Crippen molar-refractivity contribution < 1.29 is 14.3 Å². The molecule has 4 nitrogen and oxygen atoms in total. The van der Waals surface area contributed by atoms with E-state index < -0.39 is 0 Å². The molecule has 1 aliphatic heterocycles. The Balaban J connectivity index is 2.13. The van der Waals surface area contributed by atoms with Crippen LogP contribution in [0.4, 0.5) is 5.69 Å². The quantitative estimate of drug-likeness (QED) is 0.710. The Morgan fingerprint density at radius 3 is 2.60 bits per heavy atom. The minimum Gasteiger partial charge on any atom is -0.497 e. The topological polar surface area (TPSA) is 47.6 Å². The molecule has 0 fully saturated rings. The van der Waals surface area contributed by atoms with Crippen LogP contribution in [0.1, 0.15) is 44.0 Å². The summed E-state index contributed by atoms with van der Waals surface area (Å²) in [6.45, 7) is 5.68. The first-order valence-electron chi connectivity index (χ1n) is 8.20. The lowest BCUT2D eigenvalue weighted by Gasteiger charge is -2.46. The van der Waals surface area contributed by atoms with E-state index >= 15 is 0 Å². The van der Waals surface area contributed by atoms with Gasteiger partial charge in [-0.3, -0.25) is 4.79 Å². The van der Waals surface area contributed by atoms with Crippen molar-refractivity contribution in [2.75, 3.05) is 12.4 Å². The molecule has 0 saturated carbocycles. The van der Waals surface area contributed by atoms with Gasteiger partial charge in [-0.25, -0.2) is 0 Å². The molecule has 2 aromatic rings. The van der Waals surface area contributed by atoms with Gasteiger partial charge in [-0.05, 0) is 35.9 Å². The lowest BCUT2D eigenvalue weighted by Crippen LogP contribution is -2.40. The van der Waals surface area contributed by atoms with Crippen LogP contribution in [0.5, 0.6) is 5.75 Å². The highest BCUT2D eigenvalue weighted by Crippen LogP contribution is 2.53. The Bertz CT molecular complexity index is 803. The van der Waals surface area contributed by atoms with Crippen molar-refractivity contribution in [2.45, 2.75) is 32.9 Å². The maximum atomic E-state index is 11.8. The summed E-state index contributed by atoms with van der Waals surface area (Å²) in [5.41, 5.74) is 2.67. The van der Waals surface area contributed by atoms with Crippen LogP contribution in [0.15, 0.2) is 46.9 Å². The second kappa shape index (κ2) is 6.71. The minimum atomic E-state index is -0.375. The van der Waals surface area contributed by atoms with Gasteiger partial charge in [-0.2, -0.15) is 0 Å². The van der Waals surface area contributed by atoms with Crippen LogP contribution < -0.4 is 10.1 Å². The molecule has 1 aliphatic rings. The van der Waals surface area contributed by atoms with E-state index in [0.717, 1.165) is 27.0 Å². The van der Waals surface area contributed by atoms with E-state index in [2.05, 4.69) is 47.2 Å². The molecule has 0 bridgehead atoms. The molecular formula is C20H22BrNO3. The summed E-state index contributed by atoms with van der Waals surface area (Å²) in [5, 5.41) is 3.62. The fraction of sp³-hybridized carbons (Fsp3) is 0.350. The number of benzene rings is 2. The lowest BCUT2D eigenvalue weighted by atomic mass is 9.70. The van der Waals surface area contributed by atoms with Crippen LogP contribution in [-0.4, -0.2) is 13.1 Å². The van der Waals surface area contributed by atoms with Gasteiger partial charge in [-0.1, -0.05) is 41.9 Å². The molecule has 2 atom stereocenters. The number of anilines is 1. The zero-order valence-electron chi connectivity index (χ0n) is 14.8. The average Bonchev–Trinajstić information content (AvgIpc) is 2.56. The van der Waals surface area contributed by atoms with Gasteiger partial charge >= 0.3 is 5.97 Å². The highest BCUT2D eigenvalue weighted by Gasteiger charge is 2.46. The molecule has 1 heterocycles. The molecule has 25 heavy (non-hydrogen) atoms. The van der Waals surface area contributed by atoms with Crippen LogP contribution in [0.3, 0.4) is 0 Å². The van der Waals surface area contributed by atoms with Crippen molar-refractivity contribution in [2.24, 2.45) is 5.41 Å². The second-order valence-electron chi connectivity index (χ2n) is 6.90. The summed E-state index contributed by atoms with van der Waals surface area (Å²) in [5.74, 6) is 0.455. The van der Waals surface area contributed by atoms with E-state index in [1.807, 2.05) is 30.3 Å². The number of fused-ring (bicyclic) bond motifs is 1. The first-order chi connectivity index (χ1) is 11.8. The molecule has 0 saturated heterocycles. The Hall–Kier alpha value is -2.01. The summed E-state index contributed by atoms with van der Waals surface area (Å²) in [4.78, 5) is 11.8. The Labute approximate surface area is 156 Å². The van der Waals surface area contributed by atoms with Gasteiger partial charge in [0.15, 0.2) is 0 Å². The fourth-order valence-corrected chi connectivity index (χ4v) is 3.91. The standard InChI is InChI=1S/C20H22BrNO3/c1-12(23)25-19-16-11-15(24-4)8-9-17(16)22-18(20(19,2)3)13-6-5-7-14(21)10-13/h5-11,18-19,22H,1-4H3/t18-,19+/m1/s1. The van der Waals surface area contributed by atoms with Crippen molar-refractivity contribution in [1.82, 2.24) is 0 Å². The monoisotopic (exact) mass is 403 g/mol. The number of carbonyl (C=O) groups excluding carboxylic acids is 1. The van der Waals surface area contributed by atoms with Crippen molar-refractivity contribution in [3.05, 3.63) is 58.1 Å². The molecule has 132 valence electrons. The molecule has 0 radical (unpaired) electrons. The third-order valence-electron chi connectivity index (χ3n) is 4.73. The second-order valence-corrected chi connectivity index (χ2v) is 7.81. The number of esters is 1. The van der Waals surface area contributed by atoms with Gasteiger partial charge in [0.2, 0.25) is 0 Å². The molecule has 1 N–H and O–H groups in total. The number of methoxy groups -OCH3 is 1. The Kier molecular flexibility index (Phi) is 4.78. The van der Waals surface area contributed by atoms with Crippen LogP contribution in [0.25, 0.3) is 0 Å². The predicted molar refractivity (Wildman–Crippen MR) is 102 cm³/mol. The van der Waals surface area contributed by atoms with E-state index in [1.165, 1.54) is 6.92 Å². The van der Waals surface area contributed by atoms with E-state index in [1.54, 1.807) is 7.11 Å². The van der Waals surface area contributed by atoms with Gasteiger partial charge in [0.25, 0.3) is 0 Å². The smallest absolute Gasteiger partial charge is 0.303 e. The zero-order valence-corrected chi connectivity index (χ0v) is 16.4. The summed E-state index contributed by atoms with van der Waals surface area (Å²) in [7, 11) is 1.63. The van der Waals surface area contributed by atoms with Gasteiger partial charge in [0.05, 0.1) is 13.2 Å². The summed E-state index contributed by atoms with van der Waals surface area (Å²) in [6.07, 6.45) is -0.375. The van der Waals surface area contributed by atoms with Gasteiger partial charge in [-0.15, -0.1) is 0 Å². The maximum Gasteiger partial charge on any atom is 0.303 e. The van der Waals surface area contributed by atoms with E-state index in [9.17, 15) is 4.79 Å². The van der Waals surface area contributed by atoms with Crippen molar-refractivity contribution in [3.63, 3.8) is 0 Å². The number of halogens is 1. The largest absolute Gasteiger partial charge is 0.497 e. The van der Waals surface area contributed by atoms with Crippen LogP contribution in [-0.2, 0) is 9.53 Å². The van der Waals surface area contributed by atoms with Crippen molar-refractivity contribution in [3.8, 4) is 5.75 Å². The van der Waals surface area contributed by atoms with Crippen molar-refractivity contribution >= 4 is 27.6 Å². The van der Waals surface area contributed by atoms with Crippen LogP contribution in [0, 0.1) is 5.41 Å². The normalized spacial score (nSPS) is 21.0. The average molecular weight is 404 g/mol. The Morgan fingerprint density at radius 1 is 1.20 bits per heavy atom. The first kappa shape index (κ1) is 17.8. The third-order valence-corrected chi connectivity index (χ3v) is 5.22. The number of rotatable bonds is 3. The molecule has 5 heteroatoms. The predicted octanol–water partition coefficient (Wildman–Crippen LogP) is 5.25. The number of nitrogens with one attached hydrogen (secondary N) is 1. The Morgan fingerprint density at radius 2 is 1.96 bits per heavy atom. The molecule has 2 aromatic carbocycles. The van der Waals surface area contributed by atoms with Gasteiger partial charge < -0.3 is 14.8 Å². The number of hydrogen-bond donors (Lipinski definition) is 1. The molecule has 0 spiro atoms. The maximum absolute atomic E-state index is 11.8. The zero-order chi connectivity index (χ0) is 18.2. The van der Waals surface area contributed by atoms with E-state index in [0.29, 0.717) is 0 Å². The van der Waals surface area contributed by atoms with Gasteiger partial charge in [0.1, 0.15) is 11.9 Å². The van der Waals surface area contributed by atoms with Crippen LogP contribution in [0.2, 0.25) is 0 Å². The lowest BCUT2D eigenvalue weighted by molar-refractivity contribution is -0.154. The molecule has 0 unspecified atom stereocenters. The number of ether oxygens (including phenoxy) is 2. The SMILES string of the molecule is COc1ccc2c(c1)[C@H](OC(C)=O)C(C)(C)[C@@H](c1cccc(Br)c1)N2. The molecular weight excluding hydrogens is 382 g/mol. The molecule has 0 aromatic heterocycles. The molecule has 0 aliphatic carbocycles. The highest BCUT2D eigenvalue weighted by molar-refractivity contribution is 9.10. The van der Waals surface area contributed by atoms with E-state index in [-0.39, 0.29) is 23.5 Å². The minimum absolute atomic E-state index is 0.00440. The van der Waals surface area contributed by atoms with Gasteiger partial charge in [0, 0.05) is 28.1 Å². The summed E-state index contributed by atoms with van der Waals surface area (Å²) in [6, 6.07) is 14.0. The summed E-state index contributed by atoms with van der Waals surface area (Å²) >= 11 is 3.54. The highest BCUT2D eigenvalue weighted by atomic mass is 79.9. The van der Waals surface area contributed by atoms with Crippen LogP contribution >= 0.6 is 15.9 Å². The molecule has 0 amide bonds. The number of hydrogen-bond acceptors (Lipinski definition) is 4. The number of carbonyl (C=O) groups is 1.